The molecule has 1 atom stereocenters. The van der Waals surface area contributed by atoms with E-state index in [-0.39, 0.29) is 0 Å². The van der Waals surface area contributed by atoms with Crippen LogP contribution in [0.2, 0.25) is 10.0 Å². The van der Waals surface area contributed by atoms with Gasteiger partial charge < -0.3 is 4.90 Å². The van der Waals surface area contributed by atoms with Crippen molar-refractivity contribution in [3.63, 3.8) is 0 Å². The van der Waals surface area contributed by atoms with Crippen molar-refractivity contribution >= 4 is 40.3 Å². The van der Waals surface area contributed by atoms with Gasteiger partial charge in [-0.15, -0.1) is 0 Å². The third-order valence-corrected chi connectivity index (χ3v) is 8.86. The molecule has 0 spiro atoms. The van der Waals surface area contributed by atoms with Gasteiger partial charge in [0.05, 0.1) is 17.9 Å². The lowest BCUT2D eigenvalue weighted by molar-refractivity contribution is 0.210. The van der Waals surface area contributed by atoms with Crippen molar-refractivity contribution in [1.82, 2.24) is 14.7 Å². The number of nitrogens with zero attached hydrogens (tertiary/aromatic N) is 4. The molecule has 31 heavy (non-hydrogen) atoms. The molecule has 3 rings (SSSR count). The molecule has 1 saturated heterocycles. The third kappa shape index (κ3) is 5.72. The second-order valence-corrected chi connectivity index (χ2v) is 10.8. The summed E-state index contributed by atoms with van der Waals surface area (Å²) in [5.74, 6) is 0.828. The molecule has 0 saturated carbocycles. The number of benzene rings is 1. The van der Waals surface area contributed by atoms with Gasteiger partial charge in [0.25, 0.3) is 4.90 Å². The first kappa shape index (κ1) is 24.7. The summed E-state index contributed by atoms with van der Waals surface area (Å²) >= 11 is 12.0. The summed E-state index contributed by atoms with van der Waals surface area (Å²) in [4.78, 5) is 3.00. The Morgan fingerprint density at radius 2 is 1.77 bits per heavy atom. The van der Waals surface area contributed by atoms with Crippen LogP contribution in [-0.4, -0.2) is 45.9 Å². The zero-order chi connectivity index (χ0) is 22.7. The van der Waals surface area contributed by atoms with Crippen molar-refractivity contribution in [1.29, 1.82) is 0 Å². The van der Waals surface area contributed by atoms with Crippen LogP contribution in [0.1, 0.15) is 49.6 Å². The molecule has 0 bridgehead atoms. The van der Waals surface area contributed by atoms with Crippen molar-refractivity contribution < 1.29 is 4.55 Å². The van der Waals surface area contributed by atoms with E-state index >= 15 is 0 Å². The van der Waals surface area contributed by atoms with Crippen LogP contribution in [0, 0.1) is 19.8 Å². The molecule has 5 nitrogen and oxygen atoms in total. The lowest BCUT2D eigenvalue weighted by atomic mass is 9.91. The Morgan fingerprint density at radius 3 is 2.29 bits per heavy atom. The zero-order valence-corrected chi connectivity index (χ0v) is 21.6. The topological polar surface area (TPSA) is 44.5 Å². The Hall–Kier alpha value is -0.920. The Balaban J connectivity index is 1.71. The fourth-order valence-corrected chi connectivity index (χ4v) is 6.79. The zero-order valence-electron chi connectivity index (χ0n) is 19.3. The normalized spacial score (nSPS) is 16.6. The van der Waals surface area contributed by atoms with Crippen molar-refractivity contribution in [2.75, 3.05) is 31.0 Å². The Bertz CT molecular complexity index is 873. The lowest BCUT2D eigenvalue weighted by Gasteiger charge is -2.28. The van der Waals surface area contributed by atoms with Crippen LogP contribution >= 0.6 is 23.2 Å². The quantitative estimate of drug-likeness (QED) is 0.472. The second kappa shape index (κ2) is 10.8. The van der Waals surface area contributed by atoms with E-state index in [0.717, 1.165) is 41.4 Å². The molecule has 1 aliphatic rings. The second-order valence-electron chi connectivity index (χ2n) is 8.63. The van der Waals surface area contributed by atoms with Crippen LogP contribution in [-0.2, 0) is 24.8 Å². The number of aromatic nitrogens is 2. The summed E-state index contributed by atoms with van der Waals surface area (Å²) in [6, 6.07) is 3.95. The van der Waals surface area contributed by atoms with Crippen LogP contribution in [0.25, 0.3) is 0 Å². The monoisotopic (exact) mass is 485 g/mol. The van der Waals surface area contributed by atoms with E-state index in [9.17, 15) is 4.55 Å². The molecule has 0 aliphatic carbocycles. The predicted octanol–water partition coefficient (Wildman–Crippen LogP) is 5.90. The summed E-state index contributed by atoms with van der Waals surface area (Å²) in [5.41, 5.74) is 3.96. The van der Waals surface area contributed by atoms with Crippen molar-refractivity contribution in [3.8, 4) is 0 Å². The number of anilines is 1. The molecule has 1 fully saturated rings. The highest BCUT2D eigenvalue weighted by Gasteiger charge is 2.38. The van der Waals surface area contributed by atoms with Gasteiger partial charge in [0.2, 0.25) is 0 Å². The molecule has 2 heterocycles. The van der Waals surface area contributed by atoms with Crippen LogP contribution in [0.5, 0.6) is 0 Å². The number of hydrogen-bond acceptors (Lipinski definition) is 4. The van der Waals surface area contributed by atoms with Gasteiger partial charge in [-0.2, -0.15) is 14.0 Å². The maximum atomic E-state index is 11.3. The molecule has 2 aromatic rings. The fourth-order valence-electron chi connectivity index (χ4n) is 4.48. The van der Waals surface area contributed by atoms with Crippen molar-refractivity contribution in [2.24, 2.45) is 13.0 Å². The summed E-state index contributed by atoms with van der Waals surface area (Å²) in [7, 11) is 4.11. The minimum atomic E-state index is -1.26. The number of halogens is 2. The van der Waals surface area contributed by atoms with E-state index in [1.165, 1.54) is 32.4 Å². The van der Waals surface area contributed by atoms with Crippen LogP contribution in [0.15, 0.2) is 17.0 Å². The number of hydrogen-bond donors (Lipinski definition) is 1. The van der Waals surface area contributed by atoms with E-state index < -0.39 is 11.4 Å². The highest BCUT2D eigenvalue weighted by atomic mass is 35.5. The molecule has 0 radical (unpaired) electrons. The number of piperidine rings is 1. The average molecular weight is 487 g/mol. The van der Waals surface area contributed by atoms with Crippen molar-refractivity contribution in [2.45, 2.75) is 57.8 Å². The van der Waals surface area contributed by atoms with Gasteiger partial charge in [0.1, 0.15) is 15.7 Å². The number of likely N-dealkylation sites (tertiary alicyclic amines) is 1. The van der Waals surface area contributed by atoms with Crippen LogP contribution in [0.3, 0.4) is 0 Å². The minimum Gasteiger partial charge on any atom is -0.306 e. The summed E-state index contributed by atoms with van der Waals surface area (Å²) in [5, 5.41) is 5.56. The largest absolute Gasteiger partial charge is 0.309 e. The number of aryl methyl sites for hydroxylation is 3. The first-order valence-electron chi connectivity index (χ1n) is 11.1. The summed E-state index contributed by atoms with van der Waals surface area (Å²) in [6.07, 6.45) is 5.94. The molecular formula is C23H35Cl2N4OS+. The molecule has 1 aromatic carbocycles. The molecule has 172 valence electrons. The molecule has 1 aliphatic heterocycles. The van der Waals surface area contributed by atoms with Gasteiger partial charge in [-0.1, -0.05) is 29.6 Å². The summed E-state index contributed by atoms with van der Waals surface area (Å²) < 4.78 is 15.0. The lowest BCUT2D eigenvalue weighted by Crippen LogP contribution is -2.32. The fraction of sp³-hybridized carbons (Fsp3) is 0.609. The predicted molar refractivity (Wildman–Crippen MR) is 134 cm³/mol. The number of rotatable bonds is 8. The van der Waals surface area contributed by atoms with E-state index in [4.69, 9.17) is 23.2 Å². The Labute approximate surface area is 200 Å². The minimum absolute atomic E-state index is 0.533. The first-order chi connectivity index (χ1) is 14.7. The van der Waals surface area contributed by atoms with Crippen LogP contribution < -0.4 is 4.31 Å². The highest BCUT2D eigenvalue weighted by Crippen LogP contribution is 2.37. The van der Waals surface area contributed by atoms with E-state index in [0.29, 0.717) is 21.5 Å². The smallest absolute Gasteiger partial charge is 0.306 e. The Kier molecular flexibility index (Phi) is 8.61. The van der Waals surface area contributed by atoms with E-state index in [2.05, 4.69) is 17.0 Å². The standard InChI is InChI=1S/C23H35Cl2N4OS/c1-6-29(22-16(2)26-28(5)17(22)3)31(30)23-20(24)14-19(15-21(23)25)9-7-8-18-10-12-27(4)13-11-18/h14-15,18,30H,6-13H2,1-5H3/q+1. The van der Waals surface area contributed by atoms with E-state index in [1.807, 2.05) is 48.9 Å². The van der Waals surface area contributed by atoms with Gasteiger partial charge in [0.15, 0.2) is 0 Å². The third-order valence-electron chi connectivity index (χ3n) is 6.37. The van der Waals surface area contributed by atoms with Gasteiger partial charge in [-0.05, 0) is 90.2 Å². The van der Waals surface area contributed by atoms with Crippen LogP contribution in [0.4, 0.5) is 5.69 Å². The van der Waals surface area contributed by atoms with Gasteiger partial charge in [-0.25, -0.2) is 0 Å². The molecule has 1 N–H and O–H groups in total. The molecule has 0 amide bonds. The highest BCUT2D eigenvalue weighted by molar-refractivity contribution is 7.93. The maximum absolute atomic E-state index is 11.3. The van der Waals surface area contributed by atoms with Crippen molar-refractivity contribution in [3.05, 3.63) is 39.1 Å². The molecule has 1 unspecified atom stereocenters. The van der Waals surface area contributed by atoms with Gasteiger partial charge in [-0.3, -0.25) is 4.68 Å². The summed E-state index contributed by atoms with van der Waals surface area (Å²) in [6.45, 7) is 9.02. The molecule has 1 aromatic heterocycles. The molecule has 8 heteroatoms. The van der Waals surface area contributed by atoms with E-state index in [1.54, 1.807) is 0 Å². The average Bonchev–Trinajstić information content (AvgIpc) is 2.96. The SMILES string of the molecule is CCN(c1c(C)nn(C)c1C)[S+](O)c1c(Cl)cc(CCCC2CCN(C)CC2)cc1Cl. The van der Waals surface area contributed by atoms with Gasteiger partial charge in [0, 0.05) is 7.05 Å². The maximum Gasteiger partial charge on any atom is 0.309 e. The molecular weight excluding hydrogens is 451 g/mol. The first-order valence-corrected chi connectivity index (χ1v) is 13.0. The Morgan fingerprint density at radius 1 is 1.16 bits per heavy atom. The van der Waals surface area contributed by atoms with Gasteiger partial charge >= 0.3 is 11.4 Å².